The van der Waals surface area contributed by atoms with Crippen molar-refractivity contribution in [3.8, 4) is 11.4 Å². The molecule has 0 spiro atoms. The van der Waals surface area contributed by atoms with Crippen molar-refractivity contribution in [3.63, 3.8) is 0 Å². The molecule has 2 aromatic heterocycles. The van der Waals surface area contributed by atoms with E-state index in [-0.39, 0.29) is 17.2 Å². The smallest absolute Gasteiger partial charge is 0.272 e. The zero-order chi connectivity index (χ0) is 22.0. The number of nitrogens with one attached hydrogen (secondary N) is 1. The van der Waals surface area contributed by atoms with Gasteiger partial charge in [0.05, 0.1) is 5.69 Å². The predicted molar refractivity (Wildman–Crippen MR) is 119 cm³/mol. The third kappa shape index (κ3) is 4.50. The van der Waals surface area contributed by atoms with Crippen molar-refractivity contribution >= 4 is 11.8 Å². The highest BCUT2D eigenvalue weighted by Crippen LogP contribution is 2.23. The van der Waals surface area contributed by atoms with Gasteiger partial charge in [-0.3, -0.25) is 19.7 Å². The van der Waals surface area contributed by atoms with Crippen LogP contribution in [0.4, 0.5) is 0 Å². The number of aromatic amines is 1. The Morgan fingerprint density at radius 3 is 2.10 bits per heavy atom. The molecule has 1 saturated heterocycles. The molecule has 0 atom stereocenters. The number of nitrogens with zero attached hydrogens (tertiary/aromatic N) is 4. The molecule has 0 bridgehead atoms. The van der Waals surface area contributed by atoms with Crippen molar-refractivity contribution in [3.05, 3.63) is 71.5 Å². The Morgan fingerprint density at radius 2 is 1.52 bits per heavy atom. The Balaban J connectivity index is 1.37. The average molecular weight is 418 g/mol. The molecule has 0 unspecified atom stereocenters. The van der Waals surface area contributed by atoms with Gasteiger partial charge >= 0.3 is 0 Å². The van der Waals surface area contributed by atoms with Crippen molar-refractivity contribution in [2.75, 3.05) is 26.2 Å². The number of pyridine rings is 1. The largest absolute Gasteiger partial charge is 0.335 e. The van der Waals surface area contributed by atoms with Crippen LogP contribution < -0.4 is 0 Å². The number of H-pyrrole nitrogens is 1. The van der Waals surface area contributed by atoms with Gasteiger partial charge < -0.3 is 9.80 Å². The molecule has 0 saturated carbocycles. The Kier molecular flexibility index (Phi) is 5.59. The molecule has 1 aromatic carbocycles. The molecule has 160 valence electrons. The number of hydrogen-bond acceptors (Lipinski definition) is 4. The first-order chi connectivity index (χ1) is 14.8. The van der Waals surface area contributed by atoms with Crippen LogP contribution in [0.15, 0.2) is 54.7 Å². The van der Waals surface area contributed by atoms with E-state index in [0.717, 1.165) is 0 Å². The van der Waals surface area contributed by atoms with Gasteiger partial charge in [-0.1, -0.05) is 39.0 Å². The molecule has 31 heavy (non-hydrogen) atoms. The molecule has 1 aliphatic heterocycles. The lowest BCUT2D eigenvalue weighted by molar-refractivity contribution is 0.0532. The summed E-state index contributed by atoms with van der Waals surface area (Å²) in [5, 5.41) is 7.03. The number of aromatic nitrogens is 3. The summed E-state index contributed by atoms with van der Waals surface area (Å²) in [6.07, 6.45) is 1.69. The van der Waals surface area contributed by atoms with Gasteiger partial charge in [0.25, 0.3) is 11.8 Å². The summed E-state index contributed by atoms with van der Waals surface area (Å²) in [5.74, 6) is -0.108. The molecule has 0 aliphatic carbocycles. The summed E-state index contributed by atoms with van der Waals surface area (Å²) >= 11 is 0. The van der Waals surface area contributed by atoms with Crippen LogP contribution in [0.25, 0.3) is 11.4 Å². The van der Waals surface area contributed by atoms with Gasteiger partial charge in [-0.15, -0.1) is 0 Å². The molecule has 2 amide bonds. The van der Waals surface area contributed by atoms with E-state index in [2.05, 4.69) is 36.0 Å². The Hall–Kier alpha value is -3.48. The number of benzene rings is 1. The van der Waals surface area contributed by atoms with Gasteiger partial charge in [0, 0.05) is 37.9 Å². The summed E-state index contributed by atoms with van der Waals surface area (Å²) in [4.78, 5) is 33.5. The molecule has 1 fully saturated rings. The lowest BCUT2D eigenvalue weighted by atomic mass is 9.86. The van der Waals surface area contributed by atoms with Crippen molar-refractivity contribution in [2.45, 2.75) is 26.2 Å². The van der Waals surface area contributed by atoms with E-state index in [4.69, 9.17) is 0 Å². The second kappa shape index (κ2) is 8.34. The maximum absolute atomic E-state index is 12.9. The van der Waals surface area contributed by atoms with E-state index >= 15 is 0 Å². The zero-order valence-corrected chi connectivity index (χ0v) is 18.1. The molecule has 3 aromatic rings. The monoisotopic (exact) mass is 417 g/mol. The summed E-state index contributed by atoms with van der Waals surface area (Å²) < 4.78 is 0. The van der Waals surface area contributed by atoms with Crippen LogP contribution in [0.2, 0.25) is 0 Å². The van der Waals surface area contributed by atoms with Crippen LogP contribution >= 0.6 is 0 Å². The molecular weight excluding hydrogens is 390 g/mol. The van der Waals surface area contributed by atoms with Crippen molar-refractivity contribution in [2.24, 2.45) is 0 Å². The zero-order valence-electron chi connectivity index (χ0n) is 18.1. The maximum Gasteiger partial charge on any atom is 0.272 e. The van der Waals surface area contributed by atoms with Crippen molar-refractivity contribution in [1.29, 1.82) is 0 Å². The molecule has 7 heteroatoms. The number of carbonyl (C=O) groups excluding carboxylic acids is 2. The standard InChI is InChI=1S/C24H27N5O2/c1-24(2,3)18-9-7-17(8-10-18)22(30)28-12-14-29(15-13-28)23(31)21-16-20(26-27-21)19-6-4-5-11-25-19/h4-11,16H,12-15H2,1-3H3,(H,26,27). The highest BCUT2D eigenvalue weighted by Gasteiger charge is 2.27. The van der Waals surface area contributed by atoms with E-state index in [1.54, 1.807) is 17.2 Å². The Morgan fingerprint density at radius 1 is 0.871 bits per heavy atom. The Labute approximate surface area is 182 Å². The van der Waals surface area contributed by atoms with Crippen molar-refractivity contribution in [1.82, 2.24) is 25.0 Å². The second-order valence-electron chi connectivity index (χ2n) is 8.79. The first kappa shape index (κ1) is 20.8. The van der Waals surface area contributed by atoms with E-state index in [9.17, 15) is 9.59 Å². The van der Waals surface area contributed by atoms with Crippen LogP contribution in [0, 0.1) is 0 Å². The number of amides is 2. The summed E-state index contributed by atoms with van der Waals surface area (Å²) in [7, 11) is 0. The fourth-order valence-corrected chi connectivity index (χ4v) is 3.66. The van der Waals surface area contributed by atoms with Gasteiger partial charge in [0.2, 0.25) is 0 Å². The van der Waals surface area contributed by atoms with Gasteiger partial charge in [-0.2, -0.15) is 5.10 Å². The van der Waals surface area contributed by atoms with Crippen molar-refractivity contribution < 1.29 is 9.59 Å². The fourth-order valence-electron chi connectivity index (χ4n) is 3.66. The first-order valence-corrected chi connectivity index (χ1v) is 10.5. The van der Waals surface area contributed by atoms with Crippen LogP contribution in [0.3, 0.4) is 0 Å². The second-order valence-corrected chi connectivity index (χ2v) is 8.79. The number of rotatable bonds is 3. The van der Waals surface area contributed by atoms with Gasteiger partial charge in [-0.05, 0) is 41.3 Å². The number of piperazine rings is 1. The quantitative estimate of drug-likeness (QED) is 0.708. The van der Waals surface area contributed by atoms with Crippen LogP contribution in [-0.4, -0.2) is 63.0 Å². The lowest BCUT2D eigenvalue weighted by Gasteiger charge is -2.34. The molecule has 1 aliphatic rings. The van der Waals surface area contributed by atoms with Crippen LogP contribution in [-0.2, 0) is 5.41 Å². The van der Waals surface area contributed by atoms with E-state index in [1.165, 1.54) is 5.56 Å². The SMILES string of the molecule is CC(C)(C)c1ccc(C(=O)N2CCN(C(=O)c3cc(-c4ccccn4)n[nH]3)CC2)cc1. The van der Waals surface area contributed by atoms with Crippen LogP contribution in [0.5, 0.6) is 0 Å². The highest BCUT2D eigenvalue weighted by atomic mass is 16.2. The predicted octanol–water partition coefficient (Wildman–Crippen LogP) is 3.37. The van der Waals surface area contributed by atoms with Gasteiger partial charge in [0.15, 0.2) is 0 Å². The molecular formula is C24H27N5O2. The lowest BCUT2D eigenvalue weighted by Crippen LogP contribution is -2.50. The third-order valence-corrected chi connectivity index (χ3v) is 5.59. The van der Waals surface area contributed by atoms with Gasteiger partial charge in [-0.25, -0.2) is 0 Å². The number of hydrogen-bond donors (Lipinski definition) is 1. The van der Waals surface area contributed by atoms with E-state index in [1.807, 2.05) is 47.4 Å². The molecule has 7 nitrogen and oxygen atoms in total. The molecule has 0 radical (unpaired) electrons. The minimum Gasteiger partial charge on any atom is -0.335 e. The maximum atomic E-state index is 12.9. The molecule has 3 heterocycles. The van der Waals surface area contributed by atoms with E-state index in [0.29, 0.717) is 48.8 Å². The minimum absolute atomic E-state index is 0.00605. The highest BCUT2D eigenvalue weighted by molar-refractivity contribution is 5.95. The fraction of sp³-hybridized carbons (Fsp3) is 0.333. The summed E-state index contributed by atoms with van der Waals surface area (Å²) in [5.41, 5.74) is 3.71. The Bertz CT molecular complexity index is 1060. The summed E-state index contributed by atoms with van der Waals surface area (Å²) in [6, 6.07) is 15.1. The summed E-state index contributed by atoms with van der Waals surface area (Å²) in [6.45, 7) is 8.45. The van der Waals surface area contributed by atoms with Crippen LogP contribution in [0.1, 0.15) is 47.2 Å². The third-order valence-electron chi connectivity index (χ3n) is 5.59. The topological polar surface area (TPSA) is 82.2 Å². The molecule has 4 rings (SSSR count). The van der Waals surface area contributed by atoms with E-state index < -0.39 is 0 Å². The first-order valence-electron chi connectivity index (χ1n) is 10.5. The van der Waals surface area contributed by atoms with Gasteiger partial charge in [0.1, 0.15) is 11.4 Å². The number of carbonyl (C=O) groups is 2. The molecule has 1 N–H and O–H groups in total. The minimum atomic E-state index is -0.115. The normalized spacial score (nSPS) is 14.5. The average Bonchev–Trinajstić information content (AvgIpc) is 3.29.